The van der Waals surface area contributed by atoms with Crippen molar-refractivity contribution in [2.75, 3.05) is 26.2 Å². The highest BCUT2D eigenvalue weighted by molar-refractivity contribution is 7.89. The van der Waals surface area contributed by atoms with Gasteiger partial charge in [-0.05, 0) is 18.7 Å². The minimum atomic E-state index is -3.71. The van der Waals surface area contributed by atoms with Gasteiger partial charge in [0.05, 0.1) is 16.5 Å². The predicted octanol–water partition coefficient (Wildman–Crippen LogP) is 1.15. The Balaban J connectivity index is 1.64. The molecule has 138 valence electrons. The molecular weight excluding hydrogens is 356 g/mol. The van der Waals surface area contributed by atoms with Crippen LogP contribution < -0.4 is 0 Å². The lowest BCUT2D eigenvalue weighted by Gasteiger charge is -2.39. The number of nitrogens with zero attached hydrogens (tertiary/aromatic N) is 3. The van der Waals surface area contributed by atoms with Crippen LogP contribution in [0.15, 0.2) is 35.5 Å². The number of esters is 1. The second kappa shape index (κ2) is 6.49. The smallest absolute Gasteiger partial charge is 0.338 e. The molecule has 2 aromatic rings. The largest absolute Gasteiger partial charge is 0.457 e. The Kier molecular flexibility index (Phi) is 4.29. The van der Waals surface area contributed by atoms with Crippen molar-refractivity contribution in [3.63, 3.8) is 0 Å². The molecule has 8 nitrogen and oxygen atoms in total. The summed E-state index contributed by atoms with van der Waals surface area (Å²) in [5, 5.41) is 0. The standard InChI is InChI=1S/C17H20N4O4S/c1-2-20-7-8-21(10-15(20)16-18-5-6-19-16)26(23,24)13-4-3-12-11-25-17(22)14(12)9-13/h3-6,9,15H,2,7-8,10-11H2,1H3,(H,18,19)/t15-/m0/s1. The van der Waals surface area contributed by atoms with Crippen LogP contribution in [0, 0.1) is 0 Å². The molecule has 1 N–H and O–H groups in total. The molecular formula is C17H20N4O4S. The van der Waals surface area contributed by atoms with E-state index in [1.54, 1.807) is 24.5 Å². The van der Waals surface area contributed by atoms with Gasteiger partial charge in [0.25, 0.3) is 0 Å². The molecule has 0 bridgehead atoms. The number of rotatable bonds is 4. The third-order valence-electron chi connectivity index (χ3n) is 4.99. The van der Waals surface area contributed by atoms with Gasteiger partial charge in [-0.2, -0.15) is 4.31 Å². The number of carbonyl (C=O) groups excluding carboxylic acids is 1. The van der Waals surface area contributed by atoms with E-state index in [0.717, 1.165) is 17.9 Å². The summed E-state index contributed by atoms with van der Waals surface area (Å²) < 4.78 is 32.7. The van der Waals surface area contributed by atoms with Crippen LogP contribution in [0.3, 0.4) is 0 Å². The number of cyclic esters (lactones) is 1. The first-order valence-electron chi connectivity index (χ1n) is 8.54. The van der Waals surface area contributed by atoms with Gasteiger partial charge in [0.2, 0.25) is 10.0 Å². The first-order valence-corrected chi connectivity index (χ1v) is 9.98. The number of fused-ring (bicyclic) bond motifs is 1. The Labute approximate surface area is 151 Å². The molecule has 0 spiro atoms. The van der Waals surface area contributed by atoms with Crippen molar-refractivity contribution in [3.8, 4) is 0 Å². The van der Waals surface area contributed by atoms with Gasteiger partial charge in [0.15, 0.2) is 0 Å². The SMILES string of the molecule is CCN1CCN(S(=O)(=O)c2ccc3c(c2)C(=O)OC3)C[C@H]1c1ncc[nH]1. The highest BCUT2D eigenvalue weighted by Crippen LogP contribution is 2.29. The highest BCUT2D eigenvalue weighted by atomic mass is 32.2. The molecule has 9 heteroatoms. The van der Waals surface area contributed by atoms with E-state index < -0.39 is 16.0 Å². The van der Waals surface area contributed by atoms with E-state index in [1.807, 2.05) is 6.92 Å². The molecule has 4 rings (SSSR count). The Hall–Kier alpha value is -2.23. The monoisotopic (exact) mass is 376 g/mol. The number of aromatic amines is 1. The van der Waals surface area contributed by atoms with Gasteiger partial charge >= 0.3 is 5.97 Å². The lowest BCUT2D eigenvalue weighted by molar-refractivity contribution is 0.0535. The molecule has 0 saturated carbocycles. The molecule has 1 saturated heterocycles. The molecule has 26 heavy (non-hydrogen) atoms. The number of benzene rings is 1. The summed E-state index contributed by atoms with van der Waals surface area (Å²) in [5.74, 6) is 0.283. The molecule has 1 fully saturated rings. The zero-order valence-corrected chi connectivity index (χ0v) is 15.2. The van der Waals surface area contributed by atoms with Crippen molar-refractivity contribution in [2.45, 2.75) is 24.5 Å². The molecule has 0 aliphatic carbocycles. The summed E-state index contributed by atoms with van der Waals surface area (Å²) in [6, 6.07) is 4.50. The van der Waals surface area contributed by atoms with Crippen molar-refractivity contribution in [1.29, 1.82) is 0 Å². The number of aromatic nitrogens is 2. The van der Waals surface area contributed by atoms with Crippen LogP contribution in [-0.2, 0) is 21.4 Å². The summed E-state index contributed by atoms with van der Waals surface area (Å²) in [7, 11) is -3.71. The maximum atomic E-state index is 13.1. The molecule has 0 radical (unpaired) electrons. The average molecular weight is 376 g/mol. The summed E-state index contributed by atoms with van der Waals surface area (Å²) >= 11 is 0. The molecule has 2 aliphatic rings. The number of ether oxygens (including phenoxy) is 1. The minimum Gasteiger partial charge on any atom is -0.457 e. The number of sulfonamides is 1. The van der Waals surface area contributed by atoms with Crippen LogP contribution in [-0.4, -0.2) is 59.7 Å². The van der Waals surface area contributed by atoms with Crippen LogP contribution >= 0.6 is 0 Å². The topological polar surface area (TPSA) is 95.6 Å². The number of piperazine rings is 1. The summed E-state index contributed by atoms with van der Waals surface area (Å²) in [5.41, 5.74) is 1.05. The van der Waals surface area contributed by atoms with Crippen LogP contribution in [0.1, 0.15) is 34.7 Å². The zero-order chi connectivity index (χ0) is 18.3. The fourth-order valence-corrected chi connectivity index (χ4v) is 4.98. The Morgan fingerprint density at radius 3 is 2.92 bits per heavy atom. The summed E-state index contributed by atoms with van der Waals surface area (Å²) in [6.07, 6.45) is 3.41. The first kappa shape index (κ1) is 17.2. The van der Waals surface area contributed by atoms with Crippen molar-refractivity contribution < 1.29 is 17.9 Å². The zero-order valence-electron chi connectivity index (χ0n) is 14.4. The number of nitrogens with one attached hydrogen (secondary N) is 1. The van der Waals surface area contributed by atoms with Crippen molar-refractivity contribution >= 4 is 16.0 Å². The van der Waals surface area contributed by atoms with Crippen LogP contribution in [0.2, 0.25) is 0 Å². The Bertz CT molecular complexity index is 926. The van der Waals surface area contributed by atoms with Gasteiger partial charge in [0, 0.05) is 37.6 Å². The van der Waals surface area contributed by atoms with Crippen LogP contribution in [0.4, 0.5) is 0 Å². The van der Waals surface area contributed by atoms with Gasteiger partial charge in [-0.3, -0.25) is 4.90 Å². The lowest BCUT2D eigenvalue weighted by Crippen LogP contribution is -2.50. The molecule has 1 aromatic carbocycles. The number of carbonyl (C=O) groups is 1. The highest BCUT2D eigenvalue weighted by Gasteiger charge is 2.36. The molecule has 1 aromatic heterocycles. The van der Waals surface area contributed by atoms with E-state index in [9.17, 15) is 13.2 Å². The van der Waals surface area contributed by atoms with Gasteiger partial charge < -0.3 is 9.72 Å². The van der Waals surface area contributed by atoms with Gasteiger partial charge in [-0.15, -0.1) is 0 Å². The van der Waals surface area contributed by atoms with Gasteiger partial charge in [-0.1, -0.05) is 13.0 Å². The average Bonchev–Trinajstić information content (AvgIpc) is 3.31. The fourth-order valence-electron chi connectivity index (χ4n) is 3.51. The van der Waals surface area contributed by atoms with Gasteiger partial charge in [0.1, 0.15) is 12.4 Å². The van der Waals surface area contributed by atoms with E-state index in [2.05, 4.69) is 14.9 Å². The molecule has 3 heterocycles. The lowest BCUT2D eigenvalue weighted by atomic mass is 10.1. The molecule has 1 atom stereocenters. The van der Waals surface area contributed by atoms with E-state index in [1.165, 1.54) is 10.4 Å². The van der Waals surface area contributed by atoms with Crippen LogP contribution in [0.5, 0.6) is 0 Å². The van der Waals surface area contributed by atoms with E-state index >= 15 is 0 Å². The number of likely N-dealkylation sites (N-methyl/N-ethyl adjacent to an activating group) is 1. The fraction of sp³-hybridized carbons (Fsp3) is 0.412. The van der Waals surface area contributed by atoms with E-state index in [4.69, 9.17) is 4.74 Å². The van der Waals surface area contributed by atoms with E-state index in [0.29, 0.717) is 25.2 Å². The quantitative estimate of drug-likeness (QED) is 0.804. The second-order valence-corrected chi connectivity index (χ2v) is 8.31. The third-order valence-corrected chi connectivity index (χ3v) is 6.85. The Morgan fingerprint density at radius 1 is 1.35 bits per heavy atom. The second-order valence-electron chi connectivity index (χ2n) is 6.38. The maximum absolute atomic E-state index is 13.1. The van der Waals surface area contributed by atoms with Gasteiger partial charge in [-0.25, -0.2) is 18.2 Å². The van der Waals surface area contributed by atoms with E-state index in [-0.39, 0.29) is 17.5 Å². The normalized spacial score (nSPS) is 21.6. The number of imidazole rings is 1. The number of H-pyrrole nitrogens is 1. The van der Waals surface area contributed by atoms with Crippen LogP contribution in [0.25, 0.3) is 0 Å². The van der Waals surface area contributed by atoms with Crippen molar-refractivity contribution in [2.24, 2.45) is 0 Å². The third kappa shape index (κ3) is 2.81. The molecule has 2 aliphatic heterocycles. The maximum Gasteiger partial charge on any atom is 0.338 e. The van der Waals surface area contributed by atoms with Crippen molar-refractivity contribution in [1.82, 2.24) is 19.2 Å². The summed E-state index contributed by atoms with van der Waals surface area (Å²) in [6.45, 7) is 4.38. The predicted molar refractivity (Wildman–Crippen MR) is 92.9 cm³/mol. The Morgan fingerprint density at radius 2 is 2.19 bits per heavy atom. The number of hydrogen-bond acceptors (Lipinski definition) is 6. The minimum absolute atomic E-state index is 0.123. The first-order chi connectivity index (χ1) is 12.5. The molecule has 0 amide bonds. The van der Waals surface area contributed by atoms with Crippen molar-refractivity contribution in [3.05, 3.63) is 47.5 Å². The number of hydrogen-bond donors (Lipinski definition) is 1. The molecule has 0 unspecified atom stereocenters. The summed E-state index contributed by atoms with van der Waals surface area (Å²) in [4.78, 5) is 21.5.